The van der Waals surface area contributed by atoms with Crippen LogP contribution in [0.25, 0.3) is 10.6 Å². The molecule has 0 fully saturated rings. The minimum Gasteiger partial charge on any atom is -0.488 e. The van der Waals surface area contributed by atoms with E-state index in [-0.39, 0.29) is 18.3 Å². The van der Waals surface area contributed by atoms with Crippen LogP contribution in [-0.4, -0.2) is 17.4 Å². The summed E-state index contributed by atoms with van der Waals surface area (Å²) in [6.07, 6.45) is 0. The largest absolute Gasteiger partial charge is 0.488 e. The Balaban J connectivity index is 1.76. The maximum absolute atomic E-state index is 13.8. The number of amides is 1. The van der Waals surface area contributed by atoms with Crippen LogP contribution in [0.3, 0.4) is 0 Å². The van der Waals surface area contributed by atoms with Crippen LogP contribution in [-0.2, 0) is 6.61 Å². The molecule has 0 aliphatic rings. The molecule has 1 amide bonds. The molecule has 0 saturated heterocycles. The average molecular weight is 384 g/mol. The number of para-hydroxylation sites is 1. The summed E-state index contributed by atoms with van der Waals surface area (Å²) in [5.74, 6) is 0.494. The first-order valence-corrected chi connectivity index (χ1v) is 9.62. The number of ether oxygens (including phenoxy) is 1. The number of nitrogens with one attached hydrogen (secondary N) is 1. The Labute approximate surface area is 162 Å². The van der Waals surface area contributed by atoms with Crippen molar-refractivity contribution in [2.75, 3.05) is 6.54 Å². The van der Waals surface area contributed by atoms with E-state index in [1.807, 2.05) is 38.1 Å². The summed E-state index contributed by atoms with van der Waals surface area (Å²) < 4.78 is 19.6. The number of thiazole rings is 1. The van der Waals surface area contributed by atoms with Crippen molar-refractivity contribution < 1.29 is 13.9 Å². The Hall–Kier alpha value is -2.73. The van der Waals surface area contributed by atoms with Crippen molar-refractivity contribution in [1.29, 1.82) is 0 Å². The molecule has 4 nitrogen and oxygen atoms in total. The fourth-order valence-electron chi connectivity index (χ4n) is 2.43. The topological polar surface area (TPSA) is 51.2 Å². The summed E-state index contributed by atoms with van der Waals surface area (Å²) in [5.41, 5.74) is 1.65. The maximum atomic E-state index is 13.8. The predicted molar refractivity (Wildman–Crippen MR) is 105 cm³/mol. The number of hydrogen-bond donors (Lipinski definition) is 1. The van der Waals surface area contributed by atoms with Crippen molar-refractivity contribution in [2.45, 2.75) is 20.5 Å². The minimum atomic E-state index is -0.298. The Morgan fingerprint density at radius 2 is 1.93 bits per heavy atom. The van der Waals surface area contributed by atoms with E-state index in [0.29, 0.717) is 34.5 Å². The molecular formula is C21H21FN2O2S. The maximum Gasteiger partial charge on any atom is 0.270 e. The Morgan fingerprint density at radius 1 is 1.19 bits per heavy atom. The molecule has 1 heterocycles. The Kier molecular flexibility index (Phi) is 6.19. The molecule has 0 saturated carbocycles. The van der Waals surface area contributed by atoms with Gasteiger partial charge in [-0.05, 0) is 24.1 Å². The van der Waals surface area contributed by atoms with Gasteiger partial charge < -0.3 is 10.1 Å². The third-order valence-electron chi connectivity index (χ3n) is 3.87. The van der Waals surface area contributed by atoms with E-state index in [1.54, 1.807) is 23.6 Å². The number of carbonyl (C=O) groups excluding carboxylic acids is 1. The quantitative estimate of drug-likeness (QED) is 0.629. The lowest BCUT2D eigenvalue weighted by Gasteiger charge is -2.10. The van der Waals surface area contributed by atoms with E-state index in [4.69, 9.17) is 4.74 Å². The molecule has 6 heteroatoms. The number of benzene rings is 2. The van der Waals surface area contributed by atoms with Crippen LogP contribution in [0.15, 0.2) is 53.9 Å². The van der Waals surface area contributed by atoms with Gasteiger partial charge in [0.15, 0.2) is 0 Å². The van der Waals surface area contributed by atoms with Crippen LogP contribution in [0.2, 0.25) is 0 Å². The molecule has 0 unspecified atom stereocenters. The standard InChI is InChI=1S/C21H21FN2O2S/c1-14(2)11-23-20(25)18-13-27-21(24-18)16-8-4-6-10-19(16)26-12-15-7-3-5-9-17(15)22/h3-10,13-14H,11-12H2,1-2H3,(H,23,25). The molecule has 1 N–H and O–H groups in total. The zero-order chi connectivity index (χ0) is 19.2. The molecule has 0 aliphatic carbocycles. The molecule has 140 valence electrons. The lowest BCUT2D eigenvalue weighted by atomic mass is 10.2. The fourth-order valence-corrected chi connectivity index (χ4v) is 3.26. The van der Waals surface area contributed by atoms with Gasteiger partial charge in [0.05, 0.1) is 5.56 Å². The first kappa shape index (κ1) is 19.0. The first-order chi connectivity index (χ1) is 13.0. The van der Waals surface area contributed by atoms with Crippen LogP contribution in [0, 0.1) is 11.7 Å². The van der Waals surface area contributed by atoms with Crippen molar-refractivity contribution in [2.24, 2.45) is 5.92 Å². The fraction of sp³-hybridized carbons (Fsp3) is 0.238. The van der Waals surface area contributed by atoms with Gasteiger partial charge in [-0.1, -0.05) is 44.2 Å². The highest BCUT2D eigenvalue weighted by atomic mass is 32.1. The highest BCUT2D eigenvalue weighted by Crippen LogP contribution is 2.32. The molecule has 1 aromatic heterocycles. The van der Waals surface area contributed by atoms with E-state index in [0.717, 1.165) is 5.56 Å². The third kappa shape index (κ3) is 4.92. The van der Waals surface area contributed by atoms with Gasteiger partial charge in [-0.15, -0.1) is 11.3 Å². The van der Waals surface area contributed by atoms with Crippen molar-refractivity contribution >= 4 is 17.2 Å². The van der Waals surface area contributed by atoms with Crippen LogP contribution in [0.4, 0.5) is 4.39 Å². The molecule has 3 aromatic rings. The van der Waals surface area contributed by atoms with E-state index < -0.39 is 0 Å². The smallest absolute Gasteiger partial charge is 0.270 e. The van der Waals surface area contributed by atoms with Gasteiger partial charge in [-0.2, -0.15) is 0 Å². The molecule has 2 aromatic carbocycles. The lowest BCUT2D eigenvalue weighted by Crippen LogP contribution is -2.27. The number of halogens is 1. The minimum absolute atomic E-state index is 0.122. The summed E-state index contributed by atoms with van der Waals surface area (Å²) in [6.45, 7) is 4.80. The highest BCUT2D eigenvalue weighted by Gasteiger charge is 2.15. The first-order valence-electron chi connectivity index (χ1n) is 8.74. The predicted octanol–water partition coefficient (Wildman–Crippen LogP) is 4.91. The highest BCUT2D eigenvalue weighted by molar-refractivity contribution is 7.13. The molecule has 0 bridgehead atoms. The molecule has 0 radical (unpaired) electrons. The lowest BCUT2D eigenvalue weighted by molar-refractivity contribution is 0.0945. The van der Waals surface area contributed by atoms with E-state index in [1.165, 1.54) is 17.4 Å². The van der Waals surface area contributed by atoms with Gasteiger partial charge in [0.1, 0.15) is 28.9 Å². The number of carbonyl (C=O) groups is 1. The second kappa shape index (κ2) is 8.77. The molecular weight excluding hydrogens is 363 g/mol. The molecule has 0 aliphatic heterocycles. The zero-order valence-corrected chi connectivity index (χ0v) is 16.1. The molecule has 27 heavy (non-hydrogen) atoms. The SMILES string of the molecule is CC(C)CNC(=O)c1csc(-c2ccccc2OCc2ccccc2F)n1. The van der Waals surface area contributed by atoms with Crippen LogP contribution in [0.1, 0.15) is 29.9 Å². The van der Waals surface area contributed by atoms with Crippen molar-refractivity contribution in [1.82, 2.24) is 10.3 Å². The number of hydrogen-bond acceptors (Lipinski definition) is 4. The number of rotatable bonds is 7. The normalized spacial score (nSPS) is 10.8. The van der Waals surface area contributed by atoms with Gasteiger partial charge in [0.25, 0.3) is 5.91 Å². The summed E-state index contributed by atoms with van der Waals surface area (Å²) in [6, 6.07) is 14.0. The van der Waals surface area contributed by atoms with E-state index in [9.17, 15) is 9.18 Å². The third-order valence-corrected chi connectivity index (χ3v) is 4.74. The van der Waals surface area contributed by atoms with Gasteiger partial charge in [0.2, 0.25) is 0 Å². The molecule has 0 atom stereocenters. The average Bonchev–Trinajstić information content (AvgIpc) is 3.16. The monoisotopic (exact) mass is 384 g/mol. The summed E-state index contributed by atoms with van der Waals surface area (Å²) >= 11 is 1.38. The van der Waals surface area contributed by atoms with Gasteiger partial charge >= 0.3 is 0 Å². The van der Waals surface area contributed by atoms with E-state index in [2.05, 4.69) is 10.3 Å². The molecule has 3 rings (SSSR count). The van der Waals surface area contributed by atoms with Gasteiger partial charge in [-0.25, -0.2) is 9.37 Å². The summed E-state index contributed by atoms with van der Waals surface area (Å²) in [5, 5.41) is 5.29. The molecule has 0 spiro atoms. The number of aromatic nitrogens is 1. The van der Waals surface area contributed by atoms with Crippen LogP contribution in [0.5, 0.6) is 5.75 Å². The second-order valence-electron chi connectivity index (χ2n) is 6.52. The van der Waals surface area contributed by atoms with Crippen molar-refractivity contribution in [3.05, 3.63) is 71.0 Å². The van der Waals surface area contributed by atoms with Gasteiger partial charge in [-0.3, -0.25) is 4.79 Å². The Morgan fingerprint density at radius 3 is 2.70 bits per heavy atom. The zero-order valence-electron chi connectivity index (χ0n) is 15.2. The Bertz CT molecular complexity index is 924. The second-order valence-corrected chi connectivity index (χ2v) is 7.38. The van der Waals surface area contributed by atoms with Crippen LogP contribution >= 0.6 is 11.3 Å². The summed E-state index contributed by atoms with van der Waals surface area (Å²) in [4.78, 5) is 16.6. The van der Waals surface area contributed by atoms with Gasteiger partial charge in [0, 0.05) is 17.5 Å². The van der Waals surface area contributed by atoms with Crippen molar-refractivity contribution in [3.8, 4) is 16.3 Å². The summed E-state index contributed by atoms with van der Waals surface area (Å²) in [7, 11) is 0. The van der Waals surface area contributed by atoms with E-state index >= 15 is 0 Å². The number of nitrogens with zero attached hydrogens (tertiary/aromatic N) is 1. The van der Waals surface area contributed by atoms with Crippen LogP contribution < -0.4 is 10.1 Å². The van der Waals surface area contributed by atoms with Crippen molar-refractivity contribution in [3.63, 3.8) is 0 Å².